The van der Waals surface area contributed by atoms with Crippen LogP contribution in [0.2, 0.25) is 5.02 Å². The van der Waals surface area contributed by atoms with Crippen molar-refractivity contribution in [2.75, 3.05) is 23.8 Å². The minimum absolute atomic E-state index is 0.301. The highest BCUT2D eigenvalue weighted by Gasteiger charge is 2.14. The van der Waals surface area contributed by atoms with E-state index in [1.807, 2.05) is 12.1 Å². The number of amides is 1. The van der Waals surface area contributed by atoms with Gasteiger partial charge < -0.3 is 20.1 Å². The molecule has 2 N–H and O–H groups in total. The van der Waals surface area contributed by atoms with Crippen LogP contribution in [0.15, 0.2) is 60.8 Å². The normalized spacial score (nSPS) is 12.3. The highest BCUT2D eigenvalue weighted by Crippen LogP contribution is 2.32. The van der Waals surface area contributed by atoms with Gasteiger partial charge in [-0.2, -0.15) is 0 Å². The summed E-state index contributed by atoms with van der Waals surface area (Å²) in [5.41, 5.74) is 2.59. The molecule has 6 nitrogen and oxygen atoms in total. The molecule has 4 rings (SSSR count). The van der Waals surface area contributed by atoms with Gasteiger partial charge in [0.2, 0.25) is 0 Å². The van der Waals surface area contributed by atoms with E-state index < -0.39 is 0 Å². The van der Waals surface area contributed by atoms with Gasteiger partial charge in [-0.15, -0.1) is 0 Å². The molecule has 27 heavy (non-hydrogen) atoms. The first-order chi connectivity index (χ1) is 13.2. The van der Waals surface area contributed by atoms with E-state index in [1.165, 1.54) is 0 Å². The van der Waals surface area contributed by atoms with Gasteiger partial charge in [-0.25, -0.2) is 4.98 Å². The van der Waals surface area contributed by atoms with E-state index in [0.29, 0.717) is 41.1 Å². The summed E-state index contributed by atoms with van der Waals surface area (Å²) in [7, 11) is 0. The van der Waals surface area contributed by atoms with Crippen LogP contribution in [0.1, 0.15) is 10.5 Å². The fourth-order valence-electron chi connectivity index (χ4n) is 2.62. The van der Waals surface area contributed by atoms with Gasteiger partial charge in [0.05, 0.1) is 11.9 Å². The molecule has 1 aliphatic rings. The summed E-state index contributed by atoms with van der Waals surface area (Å²) in [4.78, 5) is 16.6. The topological polar surface area (TPSA) is 72.5 Å². The zero-order valence-corrected chi connectivity index (χ0v) is 15.0. The highest BCUT2D eigenvalue weighted by molar-refractivity contribution is 6.30. The Bertz CT molecular complexity index is 959. The van der Waals surface area contributed by atoms with Crippen LogP contribution in [-0.2, 0) is 0 Å². The molecule has 136 valence electrons. The number of halogens is 1. The Hall–Kier alpha value is -3.25. The Morgan fingerprint density at radius 2 is 1.59 bits per heavy atom. The number of carbonyl (C=O) groups is 1. The smallest absolute Gasteiger partial charge is 0.274 e. The van der Waals surface area contributed by atoms with E-state index in [9.17, 15) is 4.79 Å². The molecule has 2 heterocycles. The average Bonchev–Trinajstić information content (AvgIpc) is 2.70. The zero-order chi connectivity index (χ0) is 18.6. The first kappa shape index (κ1) is 17.2. The van der Waals surface area contributed by atoms with Gasteiger partial charge in [0, 0.05) is 22.5 Å². The molecular formula is C20H16ClN3O3. The molecule has 7 heteroatoms. The number of nitrogens with one attached hydrogen (secondary N) is 2. The Balaban J connectivity index is 1.42. The minimum atomic E-state index is -0.301. The maximum absolute atomic E-state index is 12.4. The number of fused-ring (bicyclic) bond motifs is 1. The predicted molar refractivity (Wildman–Crippen MR) is 104 cm³/mol. The second-order valence-electron chi connectivity index (χ2n) is 5.88. The number of anilines is 3. The second kappa shape index (κ2) is 7.55. The largest absolute Gasteiger partial charge is 0.486 e. The summed E-state index contributed by atoms with van der Waals surface area (Å²) >= 11 is 5.88. The lowest BCUT2D eigenvalue weighted by Gasteiger charge is -2.19. The lowest BCUT2D eigenvalue weighted by Crippen LogP contribution is -2.17. The van der Waals surface area contributed by atoms with Gasteiger partial charge in [-0.1, -0.05) is 11.6 Å². The van der Waals surface area contributed by atoms with Crippen molar-refractivity contribution in [2.24, 2.45) is 0 Å². The third-order valence-corrected chi connectivity index (χ3v) is 4.18. The zero-order valence-electron chi connectivity index (χ0n) is 14.2. The van der Waals surface area contributed by atoms with E-state index in [4.69, 9.17) is 21.1 Å². The van der Waals surface area contributed by atoms with Gasteiger partial charge in [-0.3, -0.25) is 4.79 Å². The van der Waals surface area contributed by atoms with E-state index >= 15 is 0 Å². The molecule has 0 radical (unpaired) electrons. The van der Waals surface area contributed by atoms with Gasteiger partial charge in [-0.05, 0) is 48.5 Å². The van der Waals surface area contributed by atoms with E-state index in [2.05, 4.69) is 15.6 Å². The van der Waals surface area contributed by atoms with Crippen molar-refractivity contribution < 1.29 is 14.3 Å². The summed E-state index contributed by atoms with van der Waals surface area (Å²) in [6.45, 7) is 1.02. The number of benzene rings is 2. The Morgan fingerprint density at radius 1 is 0.889 bits per heavy atom. The molecular weight excluding hydrogens is 366 g/mol. The molecule has 1 aliphatic heterocycles. The number of aromatic nitrogens is 1. The van der Waals surface area contributed by atoms with Crippen LogP contribution < -0.4 is 20.1 Å². The fraction of sp³-hybridized carbons (Fsp3) is 0.100. The number of pyridine rings is 1. The van der Waals surface area contributed by atoms with Crippen molar-refractivity contribution in [3.05, 3.63) is 71.5 Å². The first-order valence-corrected chi connectivity index (χ1v) is 8.75. The standard InChI is InChI=1S/C20H16ClN3O3/c21-13-1-3-14(4-2-13)23-16-5-7-17(22-12-16)20(25)24-15-6-8-18-19(11-15)27-10-9-26-18/h1-8,11-12,23H,9-10H2,(H,24,25). The average molecular weight is 382 g/mol. The van der Waals surface area contributed by atoms with E-state index in [-0.39, 0.29) is 5.91 Å². The highest BCUT2D eigenvalue weighted by atomic mass is 35.5. The molecule has 0 saturated heterocycles. The van der Waals surface area contributed by atoms with Gasteiger partial charge in [0.1, 0.15) is 18.9 Å². The molecule has 2 aromatic carbocycles. The lowest BCUT2D eigenvalue weighted by atomic mass is 10.2. The van der Waals surface area contributed by atoms with E-state index in [1.54, 1.807) is 48.7 Å². The third kappa shape index (κ3) is 4.12. The molecule has 0 fully saturated rings. The van der Waals surface area contributed by atoms with Crippen LogP contribution in [0.5, 0.6) is 11.5 Å². The number of carbonyl (C=O) groups excluding carboxylic acids is 1. The van der Waals surface area contributed by atoms with Gasteiger partial charge in [0.25, 0.3) is 5.91 Å². The molecule has 0 bridgehead atoms. The number of ether oxygens (including phenoxy) is 2. The van der Waals surface area contributed by atoms with Crippen LogP contribution in [-0.4, -0.2) is 24.1 Å². The van der Waals surface area contributed by atoms with Crippen molar-refractivity contribution in [1.82, 2.24) is 4.98 Å². The molecule has 0 unspecified atom stereocenters. The van der Waals surface area contributed by atoms with Crippen molar-refractivity contribution >= 4 is 34.6 Å². The van der Waals surface area contributed by atoms with Crippen molar-refractivity contribution in [1.29, 1.82) is 0 Å². The lowest BCUT2D eigenvalue weighted by molar-refractivity contribution is 0.102. The molecule has 0 spiro atoms. The second-order valence-corrected chi connectivity index (χ2v) is 6.31. The van der Waals surface area contributed by atoms with Crippen molar-refractivity contribution in [3.63, 3.8) is 0 Å². The minimum Gasteiger partial charge on any atom is -0.486 e. The molecule has 3 aromatic rings. The maximum Gasteiger partial charge on any atom is 0.274 e. The number of rotatable bonds is 4. The maximum atomic E-state index is 12.4. The summed E-state index contributed by atoms with van der Waals surface area (Å²) in [5.74, 6) is 0.995. The number of hydrogen-bond donors (Lipinski definition) is 2. The first-order valence-electron chi connectivity index (χ1n) is 8.37. The van der Waals surface area contributed by atoms with Crippen molar-refractivity contribution in [2.45, 2.75) is 0 Å². The van der Waals surface area contributed by atoms with Crippen LogP contribution in [0.3, 0.4) is 0 Å². The number of hydrogen-bond acceptors (Lipinski definition) is 5. The monoisotopic (exact) mass is 381 g/mol. The number of nitrogens with zero attached hydrogens (tertiary/aromatic N) is 1. The van der Waals surface area contributed by atoms with Crippen molar-refractivity contribution in [3.8, 4) is 11.5 Å². The molecule has 0 aliphatic carbocycles. The molecule has 1 amide bonds. The fourth-order valence-corrected chi connectivity index (χ4v) is 2.74. The summed E-state index contributed by atoms with van der Waals surface area (Å²) in [5, 5.41) is 6.68. The SMILES string of the molecule is O=C(Nc1ccc2c(c1)OCCO2)c1ccc(Nc2ccc(Cl)cc2)cn1. The van der Waals surface area contributed by atoms with E-state index in [0.717, 1.165) is 11.4 Å². The molecule has 1 aromatic heterocycles. The predicted octanol–water partition coefficient (Wildman–Crippen LogP) is 4.50. The van der Waals surface area contributed by atoms with Crippen LogP contribution >= 0.6 is 11.6 Å². The summed E-state index contributed by atoms with van der Waals surface area (Å²) in [6.07, 6.45) is 1.60. The quantitative estimate of drug-likeness (QED) is 0.696. The Labute approximate surface area is 161 Å². The summed E-state index contributed by atoms with van der Waals surface area (Å²) < 4.78 is 11.0. The molecule has 0 atom stereocenters. The Kier molecular flexibility index (Phi) is 4.80. The van der Waals surface area contributed by atoms with Crippen LogP contribution in [0.4, 0.5) is 17.1 Å². The molecule has 0 saturated carbocycles. The third-order valence-electron chi connectivity index (χ3n) is 3.93. The van der Waals surface area contributed by atoms with Crippen LogP contribution in [0, 0.1) is 0 Å². The van der Waals surface area contributed by atoms with Gasteiger partial charge >= 0.3 is 0 Å². The Morgan fingerprint density at radius 3 is 2.33 bits per heavy atom. The summed E-state index contributed by atoms with van der Waals surface area (Å²) in [6, 6.07) is 16.1. The van der Waals surface area contributed by atoms with Gasteiger partial charge in [0.15, 0.2) is 11.5 Å². The van der Waals surface area contributed by atoms with Crippen LogP contribution in [0.25, 0.3) is 0 Å².